The van der Waals surface area contributed by atoms with Crippen LogP contribution in [0.15, 0.2) is 24.4 Å². The van der Waals surface area contributed by atoms with E-state index in [4.69, 9.17) is 14.9 Å². The van der Waals surface area contributed by atoms with Gasteiger partial charge in [-0.3, -0.25) is 0 Å². The van der Waals surface area contributed by atoms with Crippen molar-refractivity contribution in [2.24, 2.45) is 0 Å². The summed E-state index contributed by atoms with van der Waals surface area (Å²) in [5.74, 6) is 0. The van der Waals surface area contributed by atoms with Crippen LogP contribution in [0.1, 0.15) is 0 Å². The van der Waals surface area contributed by atoms with Gasteiger partial charge in [0.1, 0.15) is 4.64 Å². The van der Waals surface area contributed by atoms with Crippen LogP contribution in [0.2, 0.25) is 0 Å². The minimum absolute atomic E-state index is 0.1000. The van der Waals surface area contributed by atoms with Crippen molar-refractivity contribution in [1.82, 2.24) is 4.98 Å². The molecule has 0 unspecified atom stereocenters. The Bertz CT molecular complexity index is 195. The Kier molecular flexibility index (Phi) is 6.28. The van der Waals surface area contributed by atoms with Crippen LogP contribution in [-0.4, -0.2) is 4.98 Å². The fourth-order valence-electron chi connectivity index (χ4n) is 0.377. The van der Waals surface area contributed by atoms with E-state index in [1.165, 1.54) is 0 Å². The number of H-pyrrole nitrogens is 1. The molecular formula is C5H5CdNOS. The summed E-state index contributed by atoms with van der Waals surface area (Å²) in [5.41, 5.74) is 0. The maximum atomic E-state index is 8.42. The van der Waals surface area contributed by atoms with Crippen molar-refractivity contribution in [2.45, 2.75) is 0 Å². The van der Waals surface area contributed by atoms with Crippen LogP contribution >= 0.6 is 12.2 Å². The van der Waals surface area contributed by atoms with E-state index in [1.807, 2.05) is 24.4 Å². The van der Waals surface area contributed by atoms with Crippen molar-refractivity contribution in [3.8, 4) is 0 Å². The van der Waals surface area contributed by atoms with E-state index in [0.29, 0.717) is 0 Å². The zero-order valence-corrected chi connectivity index (χ0v) is 9.69. The van der Waals surface area contributed by atoms with E-state index < -0.39 is 0 Å². The standard InChI is InChI=1S/C5H5NS.Cd.O/c7-5-3-1-2-4-6-5;;/h1-4H,(H,6,7);;. The van der Waals surface area contributed by atoms with Gasteiger partial charge in [0, 0.05) is 6.20 Å². The predicted molar refractivity (Wildman–Crippen MR) is 32.3 cm³/mol. The molecule has 0 fully saturated rings. The second-order valence-corrected chi connectivity index (χ2v) is 1.67. The summed E-state index contributed by atoms with van der Waals surface area (Å²) in [6.07, 6.45) is 1.81. The Morgan fingerprint density at radius 2 is 2.11 bits per heavy atom. The van der Waals surface area contributed by atoms with Gasteiger partial charge >= 0.3 is 28.5 Å². The van der Waals surface area contributed by atoms with Gasteiger partial charge in [-0.25, -0.2) is 0 Å². The Hall–Kier alpha value is 0.0921. The molecule has 0 saturated carbocycles. The molecule has 0 bridgehead atoms. The molecule has 1 N–H and O–H groups in total. The summed E-state index contributed by atoms with van der Waals surface area (Å²) in [7, 11) is 0. The van der Waals surface area contributed by atoms with Crippen LogP contribution in [0.3, 0.4) is 0 Å². The molecule has 0 aliphatic rings. The number of aromatic nitrogens is 1. The second-order valence-electron chi connectivity index (χ2n) is 1.23. The SMILES string of the molecule is S=c1cccc[nH]1.[O]=[Cd]. The number of hydrogen-bond acceptors (Lipinski definition) is 2. The number of rotatable bonds is 0. The van der Waals surface area contributed by atoms with E-state index in [9.17, 15) is 0 Å². The van der Waals surface area contributed by atoms with Crippen molar-refractivity contribution in [2.75, 3.05) is 0 Å². The summed E-state index contributed by atoms with van der Waals surface area (Å²) in [6.45, 7) is 0. The summed E-state index contributed by atoms with van der Waals surface area (Å²) >= 11 is 4.66. The fourth-order valence-corrected chi connectivity index (χ4v) is 0.523. The van der Waals surface area contributed by atoms with Gasteiger partial charge in [-0.15, -0.1) is 0 Å². The van der Waals surface area contributed by atoms with Gasteiger partial charge in [0.15, 0.2) is 0 Å². The van der Waals surface area contributed by atoms with Crippen molar-refractivity contribution >= 4 is 12.2 Å². The molecule has 0 radical (unpaired) electrons. The fraction of sp³-hybridized carbons (Fsp3) is 0. The summed E-state index contributed by atoms with van der Waals surface area (Å²) in [6, 6.07) is 5.64. The van der Waals surface area contributed by atoms with E-state index in [0.717, 1.165) is 4.64 Å². The molecule has 1 aromatic heterocycles. The average Bonchev–Trinajstić information content (AvgIpc) is 1.94. The first-order valence-electron chi connectivity index (χ1n) is 2.32. The van der Waals surface area contributed by atoms with Gasteiger partial charge in [0.05, 0.1) is 0 Å². The van der Waals surface area contributed by atoms with E-state index >= 15 is 0 Å². The van der Waals surface area contributed by atoms with Crippen LogP contribution in [0.5, 0.6) is 0 Å². The third-order valence-corrected chi connectivity index (χ3v) is 0.934. The van der Waals surface area contributed by atoms with Crippen LogP contribution in [0.25, 0.3) is 0 Å². The number of hydrogen-bond donors (Lipinski definition) is 1. The van der Waals surface area contributed by atoms with Gasteiger partial charge in [0.2, 0.25) is 0 Å². The molecule has 0 amide bonds. The summed E-state index contributed by atoms with van der Waals surface area (Å²) in [5, 5.41) is 0. The first-order chi connectivity index (χ1) is 4.39. The monoisotopic (exact) mass is 241 g/mol. The molecule has 44 valence electrons. The average molecular weight is 240 g/mol. The van der Waals surface area contributed by atoms with Gasteiger partial charge < -0.3 is 4.98 Å². The molecule has 1 aromatic rings. The van der Waals surface area contributed by atoms with Gasteiger partial charge in [-0.1, -0.05) is 18.3 Å². The molecule has 0 atom stereocenters. The first kappa shape index (κ1) is 9.09. The van der Waals surface area contributed by atoms with E-state index in [1.54, 1.807) is 0 Å². The number of aromatic amines is 1. The summed E-state index contributed by atoms with van der Waals surface area (Å²) < 4.78 is 9.20. The molecule has 0 spiro atoms. The van der Waals surface area contributed by atoms with E-state index in [-0.39, 0.29) is 25.8 Å². The van der Waals surface area contributed by atoms with Crippen molar-refractivity contribution in [1.29, 1.82) is 0 Å². The Morgan fingerprint density at radius 1 is 1.44 bits per heavy atom. The molecule has 4 heteroatoms. The van der Waals surface area contributed by atoms with Crippen molar-refractivity contribution in [3.05, 3.63) is 29.0 Å². The molecular weight excluding hydrogens is 235 g/mol. The minimum atomic E-state index is -0.1000. The predicted octanol–water partition coefficient (Wildman–Crippen LogP) is 1.62. The van der Waals surface area contributed by atoms with Crippen molar-refractivity contribution < 1.29 is 28.5 Å². The molecule has 2 nitrogen and oxygen atoms in total. The molecule has 0 aliphatic heterocycles. The molecule has 0 saturated heterocycles. The third kappa shape index (κ3) is 4.59. The quantitative estimate of drug-likeness (QED) is 0.551. The van der Waals surface area contributed by atoms with Crippen LogP contribution in [0.4, 0.5) is 0 Å². The molecule has 0 aromatic carbocycles. The molecule has 1 heterocycles. The molecule has 0 aliphatic carbocycles. The van der Waals surface area contributed by atoms with Crippen LogP contribution in [0, 0.1) is 4.64 Å². The van der Waals surface area contributed by atoms with Gasteiger partial charge in [0.25, 0.3) is 0 Å². The van der Waals surface area contributed by atoms with Crippen molar-refractivity contribution in [3.63, 3.8) is 0 Å². The van der Waals surface area contributed by atoms with E-state index in [2.05, 4.69) is 4.98 Å². The zero-order valence-electron chi connectivity index (χ0n) is 4.83. The maximum absolute atomic E-state index is 8.42. The third-order valence-electron chi connectivity index (χ3n) is 0.681. The molecule has 1 rings (SSSR count). The first-order valence-corrected chi connectivity index (χ1v) is 4.38. The Morgan fingerprint density at radius 3 is 2.33 bits per heavy atom. The number of pyridine rings is 1. The van der Waals surface area contributed by atoms with Gasteiger partial charge in [-0.2, -0.15) is 0 Å². The van der Waals surface area contributed by atoms with Gasteiger partial charge in [-0.05, 0) is 12.1 Å². The van der Waals surface area contributed by atoms with Crippen LogP contribution < -0.4 is 0 Å². The topological polar surface area (TPSA) is 32.9 Å². The molecule has 9 heavy (non-hydrogen) atoms. The normalized spacial score (nSPS) is 7.33. The van der Waals surface area contributed by atoms with Crippen LogP contribution in [-0.2, 0) is 28.5 Å². The summed E-state index contributed by atoms with van der Waals surface area (Å²) in [4.78, 5) is 2.85. The Balaban J connectivity index is 0.000000291. The second kappa shape index (κ2) is 6.22. The number of nitrogens with one attached hydrogen (secondary N) is 1. The Labute approximate surface area is 74.5 Å². The zero-order chi connectivity index (χ0) is 7.11.